The van der Waals surface area contributed by atoms with E-state index in [0.29, 0.717) is 13.0 Å². The molecule has 3 N–H and O–H groups in total. The van der Waals surface area contributed by atoms with Gasteiger partial charge in [-0.3, -0.25) is 4.79 Å². The number of rotatable bonds is 7. The van der Waals surface area contributed by atoms with E-state index in [1.54, 1.807) is 16.7 Å². The highest BCUT2D eigenvalue weighted by molar-refractivity contribution is 7.98. The van der Waals surface area contributed by atoms with Crippen molar-refractivity contribution in [1.29, 1.82) is 0 Å². The monoisotopic (exact) mass is 234 g/mol. The van der Waals surface area contributed by atoms with E-state index < -0.39 is 6.04 Å². The maximum atomic E-state index is 11.9. The van der Waals surface area contributed by atoms with Gasteiger partial charge in [-0.15, -0.1) is 0 Å². The van der Waals surface area contributed by atoms with Gasteiger partial charge in [0.25, 0.3) is 0 Å². The van der Waals surface area contributed by atoms with Crippen molar-refractivity contribution in [3.63, 3.8) is 0 Å². The van der Waals surface area contributed by atoms with Gasteiger partial charge in [0.15, 0.2) is 0 Å². The second-order valence-electron chi connectivity index (χ2n) is 3.74. The minimum atomic E-state index is -0.439. The molecule has 0 spiro atoms. The predicted octanol–water partition coefficient (Wildman–Crippen LogP) is 0.296. The molecule has 0 aromatic heterocycles. The van der Waals surface area contributed by atoms with E-state index in [1.807, 2.05) is 20.1 Å². The van der Waals surface area contributed by atoms with Crippen LogP contribution < -0.4 is 5.73 Å². The zero-order valence-electron chi connectivity index (χ0n) is 9.77. The second-order valence-corrected chi connectivity index (χ2v) is 4.72. The lowest BCUT2D eigenvalue weighted by Crippen LogP contribution is -2.48. The van der Waals surface area contributed by atoms with Gasteiger partial charge in [0.2, 0.25) is 5.91 Å². The lowest BCUT2D eigenvalue weighted by Gasteiger charge is -2.28. The van der Waals surface area contributed by atoms with Crippen molar-refractivity contribution in [1.82, 2.24) is 4.90 Å². The maximum Gasteiger partial charge on any atom is 0.239 e. The summed E-state index contributed by atoms with van der Waals surface area (Å²) in [6, 6.07) is -0.351. The lowest BCUT2D eigenvalue weighted by molar-refractivity contribution is -0.134. The first-order valence-electron chi connectivity index (χ1n) is 5.20. The average Bonchev–Trinajstić information content (AvgIpc) is 2.21. The highest BCUT2D eigenvalue weighted by atomic mass is 32.2. The van der Waals surface area contributed by atoms with Gasteiger partial charge in [-0.25, -0.2) is 0 Å². The Balaban J connectivity index is 4.22. The van der Waals surface area contributed by atoms with Crippen LogP contribution in [0.25, 0.3) is 0 Å². The normalized spacial score (nSPS) is 12.9. The molecule has 90 valence electrons. The van der Waals surface area contributed by atoms with Crippen molar-refractivity contribution < 1.29 is 9.90 Å². The molecule has 0 bridgehead atoms. The summed E-state index contributed by atoms with van der Waals surface area (Å²) in [6.45, 7) is 4.20. The Kier molecular flexibility index (Phi) is 7.82. The Labute approximate surface area is 96.2 Å². The van der Waals surface area contributed by atoms with Crippen LogP contribution in [0, 0.1) is 0 Å². The standard InChI is InChI=1S/C10H22N2O2S/c1-8(2)12(5-6-13)10(14)9(11)4-7-15-3/h8-9,13H,4-7,11H2,1-3H3/t9-/m0/s1. The minimum Gasteiger partial charge on any atom is -0.395 e. The third kappa shape index (κ3) is 5.39. The Bertz CT molecular complexity index is 188. The summed E-state index contributed by atoms with van der Waals surface area (Å²) in [6.07, 6.45) is 2.68. The van der Waals surface area contributed by atoms with Gasteiger partial charge in [-0.1, -0.05) is 0 Å². The molecule has 1 atom stereocenters. The van der Waals surface area contributed by atoms with Gasteiger partial charge in [-0.2, -0.15) is 11.8 Å². The summed E-state index contributed by atoms with van der Waals surface area (Å²) >= 11 is 1.68. The minimum absolute atomic E-state index is 0.0147. The third-order valence-corrected chi connectivity index (χ3v) is 2.84. The first-order chi connectivity index (χ1) is 7.04. The molecule has 0 aliphatic carbocycles. The SMILES string of the molecule is CSCC[C@H](N)C(=O)N(CCO)C(C)C. The first-order valence-corrected chi connectivity index (χ1v) is 6.59. The number of hydrogen-bond donors (Lipinski definition) is 2. The van der Waals surface area contributed by atoms with E-state index in [0.717, 1.165) is 5.75 Å². The predicted molar refractivity (Wildman–Crippen MR) is 64.9 cm³/mol. The Hall–Kier alpha value is -0.260. The van der Waals surface area contributed by atoms with Crippen molar-refractivity contribution in [3.05, 3.63) is 0 Å². The number of nitrogens with two attached hydrogens (primary N) is 1. The number of aliphatic hydroxyl groups is 1. The molecule has 0 unspecified atom stereocenters. The first kappa shape index (κ1) is 14.7. The largest absolute Gasteiger partial charge is 0.395 e. The van der Waals surface area contributed by atoms with E-state index in [2.05, 4.69) is 0 Å². The number of amides is 1. The topological polar surface area (TPSA) is 66.6 Å². The van der Waals surface area contributed by atoms with Crippen molar-refractivity contribution in [2.75, 3.05) is 25.2 Å². The molecule has 0 aromatic rings. The van der Waals surface area contributed by atoms with Crippen molar-refractivity contribution in [3.8, 4) is 0 Å². The fourth-order valence-electron chi connectivity index (χ4n) is 1.31. The maximum absolute atomic E-state index is 11.9. The van der Waals surface area contributed by atoms with Gasteiger partial charge in [0.1, 0.15) is 0 Å². The number of nitrogens with zero attached hydrogens (tertiary/aromatic N) is 1. The van der Waals surface area contributed by atoms with Gasteiger partial charge in [0.05, 0.1) is 12.6 Å². The van der Waals surface area contributed by atoms with Gasteiger partial charge in [0, 0.05) is 12.6 Å². The average molecular weight is 234 g/mol. The molecule has 1 amide bonds. The van der Waals surface area contributed by atoms with Crippen molar-refractivity contribution in [2.24, 2.45) is 5.73 Å². The zero-order chi connectivity index (χ0) is 11.8. The third-order valence-electron chi connectivity index (χ3n) is 2.20. The molecule has 0 saturated carbocycles. The molecule has 0 radical (unpaired) electrons. The Morgan fingerprint density at radius 2 is 2.13 bits per heavy atom. The lowest BCUT2D eigenvalue weighted by atomic mass is 10.2. The fourth-order valence-corrected chi connectivity index (χ4v) is 1.80. The number of hydrogen-bond acceptors (Lipinski definition) is 4. The Morgan fingerprint density at radius 1 is 1.53 bits per heavy atom. The molecule has 0 fully saturated rings. The molecule has 5 heteroatoms. The van der Waals surface area contributed by atoms with E-state index in [9.17, 15) is 4.79 Å². The number of carbonyl (C=O) groups is 1. The van der Waals surface area contributed by atoms with Crippen LogP contribution in [-0.2, 0) is 4.79 Å². The highest BCUT2D eigenvalue weighted by Crippen LogP contribution is 2.05. The van der Waals surface area contributed by atoms with Crippen LogP contribution in [0.5, 0.6) is 0 Å². The molecule has 0 aliphatic heterocycles. The molecule has 0 heterocycles. The van der Waals surface area contributed by atoms with Gasteiger partial charge in [-0.05, 0) is 32.3 Å². The molecule has 0 rings (SSSR count). The summed E-state index contributed by atoms with van der Waals surface area (Å²) in [7, 11) is 0. The zero-order valence-corrected chi connectivity index (χ0v) is 10.6. The molecule has 0 aliphatic rings. The molecule has 0 saturated heterocycles. The van der Waals surface area contributed by atoms with Crippen LogP contribution >= 0.6 is 11.8 Å². The van der Waals surface area contributed by atoms with Crippen LogP contribution in [0.2, 0.25) is 0 Å². The van der Waals surface area contributed by atoms with Crippen LogP contribution in [0.1, 0.15) is 20.3 Å². The quantitative estimate of drug-likeness (QED) is 0.665. The number of thioether (sulfide) groups is 1. The second kappa shape index (κ2) is 7.96. The van der Waals surface area contributed by atoms with Crippen LogP contribution in [-0.4, -0.2) is 53.2 Å². The van der Waals surface area contributed by atoms with E-state index >= 15 is 0 Å². The van der Waals surface area contributed by atoms with E-state index in [4.69, 9.17) is 10.8 Å². The fraction of sp³-hybridized carbons (Fsp3) is 0.900. The van der Waals surface area contributed by atoms with E-state index in [-0.39, 0.29) is 18.6 Å². The summed E-state index contributed by atoms with van der Waals surface area (Å²) < 4.78 is 0. The van der Waals surface area contributed by atoms with E-state index in [1.165, 1.54) is 0 Å². The smallest absolute Gasteiger partial charge is 0.239 e. The number of aliphatic hydroxyl groups excluding tert-OH is 1. The van der Waals surface area contributed by atoms with Crippen molar-refractivity contribution in [2.45, 2.75) is 32.4 Å². The van der Waals surface area contributed by atoms with Crippen LogP contribution in [0.4, 0.5) is 0 Å². The molecule has 15 heavy (non-hydrogen) atoms. The van der Waals surface area contributed by atoms with Gasteiger partial charge >= 0.3 is 0 Å². The molecule has 4 nitrogen and oxygen atoms in total. The van der Waals surface area contributed by atoms with Crippen LogP contribution in [0.15, 0.2) is 0 Å². The molecule has 0 aromatic carbocycles. The highest BCUT2D eigenvalue weighted by Gasteiger charge is 2.22. The van der Waals surface area contributed by atoms with Gasteiger partial charge < -0.3 is 15.7 Å². The summed E-state index contributed by atoms with van der Waals surface area (Å²) in [5, 5.41) is 8.85. The van der Waals surface area contributed by atoms with Crippen LogP contribution in [0.3, 0.4) is 0 Å². The summed E-state index contributed by atoms with van der Waals surface area (Å²) in [5.74, 6) is 0.825. The molecular weight excluding hydrogens is 212 g/mol. The van der Waals surface area contributed by atoms with Crippen molar-refractivity contribution >= 4 is 17.7 Å². The Morgan fingerprint density at radius 3 is 2.53 bits per heavy atom. The summed E-state index contributed by atoms with van der Waals surface area (Å²) in [5.41, 5.74) is 5.79. The number of carbonyl (C=O) groups excluding carboxylic acids is 1. The summed E-state index contributed by atoms with van der Waals surface area (Å²) in [4.78, 5) is 13.5. The molecular formula is C10H22N2O2S.